The van der Waals surface area contributed by atoms with Gasteiger partial charge in [-0.05, 0) is 56.3 Å². The van der Waals surface area contributed by atoms with Gasteiger partial charge in [0.05, 0.1) is 5.57 Å². The van der Waals surface area contributed by atoms with Crippen LogP contribution in [0.3, 0.4) is 0 Å². The Kier molecular flexibility index (Phi) is 5.22. The van der Waals surface area contributed by atoms with Crippen molar-refractivity contribution < 1.29 is 19.1 Å². The van der Waals surface area contributed by atoms with Gasteiger partial charge in [0, 0.05) is 35.6 Å². The number of amides is 1. The molecule has 0 saturated carbocycles. The van der Waals surface area contributed by atoms with Crippen LogP contribution in [-0.2, 0) is 4.79 Å². The molecule has 29 heavy (non-hydrogen) atoms. The van der Waals surface area contributed by atoms with Crippen molar-refractivity contribution in [2.45, 2.75) is 19.4 Å². The van der Waals surface area contributed by atoms with Gasteiger partial charge >= 0.3 is 0 Å². The molecule has 0 fully saturated rings. The first-order valence-corrected chi connectivity index (χ1v) is 9.54. The van der Waals surface area contributed by atoms with E-state index in [1.54, 1.807) is 24.4 Å². The van der Waals surface area contributed by atoms with E-state index in [9.17, 15) is 9.59 Å². The first kappa shape index (κ1) is 19.0. The van der Waals surface area contributed by atoms with E-state index in [1.165, 1.54) is 6.92 Å². The van der Waals surface area contributed by atoms with Crippen molar-refractivity contribution in [3.8, 4) is 11.5 Å². The summed E-state index contributed by atoms with van der Waals surface area (Å²) in [4.78, 5) is 23.9. The summed E-state index contributed by atoms with van der Waals surface area (Å²) in [6.07, 6.45) is 2.53. The molecule has 2 aromatic carbocycles. The lowest BCUT2D eigenvalue weighted by molar-refractivity contribution is -0.110. The smallest absolute Gasteiger partial charge is 0.257 e. The summed E-state index contributed by atoms with van der Waals surface area (Å²) in [5, 5.41) is 9.37. The van der Waals surface area contributed by atoms with E-state index < -0.39 is 0 Å². The second kappa shape index (κ2) is 7.97. The molecule has 150 valence electrons. The minimum absolute atomic E-state index is 0.0277. The van der Waals surface area contributed by atoms with Crippen LogP contribution < -0.4 is 25.4 Å². The van der Waals surface area contributed by atoms with Crippen molar-refractivity contribution in [3.05, 3.63) is 59.3 Å². The van der Waals surface area contributed by atoms with Crippen LogP contribution in [0, 0.1) is 0 Å². The second-order valence-electron chi connectivity index (χ2n) is 7.03. The fraction of sp³-hybridized carbons (Fsp3) is 0.273. The highest BCUT2D eigenvalue weighted by Gasteiger charge is 2.25. The van der Waals surface area contributed by atoms with Crippen molar-refractivity contribution in [1.82, 2.24) is 10.6 Å². The van der Waals surface area contributed by atoms with Crippen LogP contribution in [0.25, 0.3) is 5.57 Å². The fourth-order valence-electron chi connectivity index (χ4n) is 3.56. The number of ketones is 1. The predicted molar refractivity (Wildman–Crippen MR) is 110 cm³/mol. The van der Waals surface area contributed by atoms with Crippen molar-refractivity contribution in [1.29, 1.82) is 0 Å². The maximum absolute atomic E-state index is 12.3. The lowest BCUT2D eigenvalue weighted by Crippen LogP contribution is -2.21. The van der Waals surface area contributed by atoms with E-state index >= 15 is 0 Å². The monoisotopic (exact) mass is 393 g/mol. The second-order valence-corrected chi connectivity index (χ2v) is 7.03. The van der Waals surface area contributed by atoms with Crippen LogP contribution in [0.15, 0.2) is 42.6 Å². The molecular weight excluding hydrogens is 370 g/mol. The summed E-state index contributed by atoms with van der Waals surface area (Å²) in [6, 6.07) is 11.3. The summed E-state index contributed by atoms with van der Waals surface area (Å²) >= 11 is 0. The number of nitrogens with one attached hydrogen (secondary N) is 3. The molecule has 1 atom stereocenters. The van der Waals surface area contributed by atoms with Crippen LogP contribution in [0.2, 0.25) is 0 Å². The Morgan fingerprint density at radius 3 is 2.83 bits per heavy atom. The summed E-state index contributed by atoms with van der Waals surface area (Å²) in [6.45, 7) is 2.44. The zero-order valence-electron chi connectivity index (χ0n) is 16.4. The third-order valence-corrected chi connectivity index (χ3v) is 5.18. The predicted octanol–water partition coefficient (Wildman–Crippen LogP) is 2.85. The molecule has 0 spiro atoms. The molecule has 2 aromatic rings. The molecule has 0 aliphatic carbocycles. The Hall–Kier alpha value is -3.32. The molecule has 3 N–H and O–H groups in total. The van der Waals surface area contributed by atoms with Gasteiger partial charge in [-0.3, -0.25) is 9.59 Å². The Bertz CT molecular complexity index is 1000. The number of hydrogen-bond donors (Lipinski definition) is 3. The van der Waals surface area contributed by atoms with Gasteiger partial charge in [0.1, 0.15) is 0 Å². The molecule has 0 bridgehead atoms. The minimum Gasteiger partial charge on any atom is -0.454 e. The Morgan fingerprint density at radius 1 is 1.21 bits per heavy atom. The van der Waals surface area contributed by atoms with Crippen LogP contribution >= 0.6 is 0 Å². The number of benzene rings is 2. The van der Waals surface area contributed by atoms with E-state index in [-0.39, 0.29) is 24.5 Å². The van der Waals surface area contributed by atoms with Crippen LogP contribution in [0.4, 0.5) is 5.69 Å². The Labute approximate surface area is 169 Å². The van der Waals surface area contributed by atoms with Gasteiger partial charge in [0.15, 0.2) is 17.3 Å². The third kappa shape index (κ3) is 3.82. The first-order chi connectivity index (χ1) is 14.1. The highest BCUT2D eigenvalue weighted by atomic mass is 16.7. The number of ether oxygens (including phenoxy) is 2. The van der Waals surface area contributed by atoms with Gasteiger partial charge in [-0.1, -0.05) is 6.07 Å². The van der Waals surface area contributed by atoms with Crippen LogP contribution in [0.5, 0.6) is 11.5 Å². The Morgan fingerprint density at radius 2 is 2.03 bits per heavy atom. The highest BCUT2D eigenvalue weighted by molar-refractivity contribution is 6.31. The Balaban J connectivity index is 1.42. The molecule has 0 saturated heterocycles. The number of anilines is 1. The normalized spacial score (nSPS) is 16.5. The minimum atomic E-state index is -0.172. The molecule has 7 nitrogen and oxygen atoms in total. The summed E-state index contributed by atoms with van der Waals surface area (Å²) < 4.78 is 10.8. The van der Waals surface area contributed by atoms with Gasteiger partial charge in [-0.2, -0.15) is 0 Å². The van der Waals surface area contributed by atoms with E-state index in [0.717, 1.165) is 34.7 Å². The van der Waals surface area contributed by atoms with Gasteiger partial charge in [0.2, 0.25) is 6.79 Å². The van der Waals surface area contributed by atoms with Crippen LogP contribution in [0.1, 0.15) is 40.9 Å². The van der Waals surface area contributed by atoms with Crippen molar-refractivity contribution in [2.75, 3.05) is 25.7 Å². The molecule has 7 heteroatoms. The molecule has 2 aliphatic rings. The maximum Gasteiger partial charge on any atom is 0.257 e. The zero-order valence-corrected chi connectivity index (χ0v) is 16.4. The van der Waals surface area contributed by atoms with Crippen molar-refractivity contribution in [3.63, 3.8) is 0 Å². The van der Waals surface area contributed by atoms with Crippen molar-refractivity contribution in [2.24, 2.45) is 0 Å². The molecule has 2 aliphatic heterocycles. The van der Waals surface area contributed by atoms with E-state index in [2.05, 4.69) is 16.0 Å². The SMILES string of the molecule is CNC(CCNC=C1C(=O)Nc2ccc(C(C)=O)cc21)c1ccc2c(c1)OCO2. The number of Topliss-reactive ketones (excluding diaryl/α,β-unsaturated/α-hetero) is 1. The fourth-order valence-corrected chi connectivity index (χ4v) is 3.56. The zero-order chi connectivity index (χ0) is 20.4. The van der Waals surface area contributed by atoms with E-state index in [0.29, 0.717) is 17.7 Å². The van der Waals surface area contributed by atoms with Gasteiger partial charge < -0.3 is 25.4 Å². The van der Waals surface area contributed by atoms with Gasteiger partial charge in [-0.15, -0.1) is 0 Å². The quantitative estimate of drug-likeness (QED) is 0.381. The highest BCUT2D eigenvalue weighted by Crippen LogP contribution is 2.35. The average molecular weight is 393 g/mol. The third-order valence-electron chi connectivity index (χ3n) is 5.18. The summed E-state index contributed by atoms with van der Waals surface area (Å²) in [5.74, 6) is 1.33. The summed E-state index contributed by atoms with van der Waals surface area (Å²) in [5.41, 5.74) is 3.70. The maximum atomic E-state index is 12.3. The molecule has 0 radical (unpaired) electrons. The number of carbonyl (C=O) groups is 2. The number of fused-ring (bicyclic) bond motifs is 2. The van der Waals surface area contributed by atoms with Gasteiger partial charge in [0.25, 0.3) is 5.91 Å². The van der Waals surface area contributed by atoms with E-state index in [1.807, 2.05) is 25.2 Å². The number of rotatable bonds is 7. The lowest BCUT2D eigenvalue weighted by atomic mass is 10.0. The van der Waals surface area contributed by atoms with Crippen LogP contribution in [-0.4, -0.2) is 32.1 Å². The van der Waals surface area contributed by atoms with Gasteiger partial charge in [-0.25, -0.2) is 0 Å². The molecular formula is C22H23N3O4. The van der Waals surface area contributed by atoms with E-state index in [4.69, 9.17) is 9.47 Å². The standard InChI is InChI=1S/C22H23N3O4/c1-13(26)14-3-5-19-16(9-14)17(22(27)25-19)11-24-8-7-18(23-2)15-4-6-20-21(10-15)29-12-28-20/h3-6,9-11,18,23-24H,7-8,12H2,1-2H3,(H,25,27). The first-order valence-electron chi connectivity index (χ1n) is 9.54. The molecule has 0 aromatic heterocycles. The number of hydrogen-bond acceptors (Lipinski definition) is 6. The molecule has 2 heterocycles. The van der Waals surface area contributed by atoms with Crippen molar-refractivity contribution >= 4 is 23.0 Å². The largest absolute Gasteiger partial charge is 0.454 e. The lowest BCUT2D eigenvalue weighted by Gasteiger charge is -2.17. The molecule has 1 amide bonds. The average Bonchev–Trinajstić information content (AvgIpc) is 3.30. The number of carbonyl (C=O) groups excluding carboxylic acids is 2. The summed E-state index contributed by atoms with van der Waals surface area (Å²) in [7, 11) is 1.91. The molecule has 4 rings (SSSR count). The topological polar surface area (TPSA) is 88.7 Å². The molecule has 1 unspecified atom stereocenters.